The molecule has 0 rings (SSSR count). The van der Waals surface area contributed by atoms with Crippen LogP contribution in [0, 0.1) is 0 Å². The van der Waals surface area contributed by atoms with Crippen LogP contribution in [0.1, 0.15) is 425 Å². The molecule has 0 fully saturated rings. The minimum absolute atomic E-state index is 0.0258. The monoisotopic (exact) mass is 1100 g/mol. The summed E-state index contributed by atoms with van der Waals surface area (Å²) in [5.41, 5.74) is 0. The third kappa shape index (κ3) is 64.0. The van der Waals surface area contributed by atoms with Crippen LogP contribution in [0.4, 0.5) is 0 Å². The first-order valence-electron chi connectivity index (χ1n) is 36.3. The van der Waals surface area contributed by atoms with Crippen LogP contribution in [0.5, 0.6) is 0 Å². The van der Waals surface area contributed by atoms with Gasteiger partial charge in [-0.3, -0.25) is 9.59 Å². The zero-order chi connectivity index (χ0) is 56.4. The number of esters is 1. The molecule has 0 aliphatic carbocycles. The van der Waals surface area contributed by atoms with E-state index in [4.69, 9.17) is 4.74 Å². The van der Waals surface area contributed by atoms with E-state index in [0.717, 1.165) is 38.5 Å². The predicted octanol–water partition coefficient (Wildman–Crippen LogP) is 23.4. The van der Waals surface area contributed by atoms with Crippen molar-refractivity contribution in [3.63, 3.8) is 0 Å². The van der Waals surface area contributed by atoms with Gasteiger partial charge < -0.3 is 20.3 Å². The van der Waals surface area contributed by atoms with Gasteiger partial charge in [0.25, 0.3) is 0 Å². The van der Waals surface area contributed by atoms with Gasteiger partial charge in [-0.2, -0.15) is 0 Å². The van der Waals surface area contributed by atoms with Crippen molar-refractivity contribution < 1.29 is 24.5 Å². The normalized spacial score (nSPS) is 12.4. The number of amides is 1. The topological polar surface area (TPSA) is 95.9 Å². The summed E-state index contributed by atoms with van der Waals surface area (Å²) in [5, 5.41) is 23.3. The molecule has 0 aliphatic heterocycles. The number of hydrogen-bond donors (Lipinski definition) is 3. The Morgan fingerprint density at radius 2 is 0.526 bits per heavy atom. The molecule has 1 amide bonds. The molecule has 0 heterocycles. The SMILES string of the molecule is CCCCCCCCCCCCCCCCCC(=O)OCCCCCCCCCCCCCCCCCCCCCCCCCCCCCCCCCCCC(=O)NC(CO)C(O)CCCCCCCCCCCCCCC. The largest absolute Gasteiger partial charge is 0.466 e. The summed E-state index contributed by atoms with van der Waals surface area (Å²) >= 11 is 0. The fraction of sp³-hybridized carbons (Fsp3) is 0.972. The molecule has 0 aromatic rings. The van der Waals surface area contributed by atoms with Crippen molar-refractivity contribution in [2.75, 3.05) is 13.2 Å². The van der Waals surface area contributed by atoms with E-state index in [2.05, 4.69) is 19.2 Å². The zero-order valence-corrected chi connectivity index (χ0v) is 53.4. The Kier molecular flexibility index (Phi) is 67.4. The summed E-state index contributed by atoms with van der Waals surface area (Å²) in [5.74, 6) is -0.00142. The van der Waals surface area contributed by atoms with Crippen molar-refractivity contribution in [1.82, 2.24) is 5.32 Å². The lowest BCUT2D eigenvalue weighted by molar-refractivity contribution is -0.143. The van der Waals surface area contributed by atoms with Gasteiger partial charge in [-0.1, -0.05) is 386 Å². The van der Waals surface area contributed by atoms with Gasteiger partial charge in [0.05, 0.1) is 25.4 Å². The van der Waals surface area contributed by atoms with Crippen molar-refractivity contribution in [2.45, 2.75) is 437 Å². The summed E-state index contributed by atoms with van der Waals surface area (Å²) in [4.78, 5) is 24.6. The van der Waals surface area contributed by atoms with Crippen LogP contribution in [0.3, 0.4) is 0 Å². The second-order valence-electron chi connectivity index (χ2n) is 25.3. The highest BCUT2D eigenvalue weighted by Gasteiger charge is 2.20. The number of unbranched alkanes of at least 4 members (excludes halogenated alkanes) is 58. The van der Waals surface area contributed by atoms with E-state index < -0.39 is 12.1 Å². The maximum atomic E-state index is 12.5. The fourth-order valence-corrected chi connectivity index (χ4v) is 11.9. The average Bonchev–Trinajstić information content (AvgIpc) is 3.44. The number of hydrogen-bond acceptors (Lipinski definition) is 5. The van der Waals surface area contributed by atoms with E-state index in [1.807, 2.05) is 0 Å². The molecule has 466 valence electrons. The van der Waals surface area contributed by atoms with Gasteiger partial charge in [-0.05, 0) is 25.7 Å². The first kappa shape index (κ1) is 76.9. The minimum atomic E-state index is -0.659. The lowest BCUT2D eigenvalue weighted by atomic mass is 10.0. The molecule has 0 aromatic carbocycles. The molecule has 2 unspecified atom stereocenters. The van der Waals surface area contributed by atoms with Gasteiger partial charge in [0.2, 0.25) is 5.91 Å². The van der Waals surface area contributed by atoms with Crippen LogP contribution < -0.4 is 5.32 Å². The number of rotatable bonds is 69. The molecule has 6 heteroatoms. The Labute approximate surface area is 489 Å². The number of aliphatic hydroxyl groups is 2. The maximum absolute atomic E-state index is 12.5. The first-order chi connectivity index (χ1) is 38.5. The quantitative estimate of drug-likeness (QED) is 0.0417. The number of carbonyl (C=O) groups excluding carboxylic acids is 2. The molecule has 0 bridgehead atoms. The molecule has 0 aliphatic rings. The Morgan fingerprint density at radius 3 is 0.782 bits per heavy atom. The maximum Gasteiger partial charge on any atom is 0.305 e. The van der Waals surface area contributed by atoms with Gasteiger partial charge in [0, 0.05) is 12.8 Å². The molecular formula is C72H143NO5. The molecule has 0 saturated heterocycles. The van der Waals surface area contributed by atoms with E-state index in [1.165, 1.54) is 353 Å². The molecule has 2 atom stereocenters. The van der Waals surface area contributed by atoms with E-state index >= 15 is 0 Å². The van der Waals surface area contributed by atoms with Gasteiger partial charge in [0.15, 0.2) is 0 Å². The van der Waals surface area contributed by atoms with Crippen LogP contribution in [0.2, 0.25) is 0 Å². The van der Waals surface area contributed by atoms with E-state index in [9.17, 15) is 19.8 Å². The zero-order valence-electron chi connectivity index (χ0n) is 53.4. The number of carbonyl (C=O) groups is 2. The molecule has 6 nitrogen and oxygen atoms in total. The van der Waals surface area contributed by atoms with Crippen LogP contribution in [0.15, 0.2) is 0 Å². The smallest absolute Gasteiger partial charge is 0.305 e. The highest BCUT2D eigenvalue weighted by molar-refractivity contribution is 5.76. The van der Waals surface area contributed by atoms with Crippen LogP contribution in [-0.4, -0.2) is 47.4 Å². The van der Waals surface area contributed by atoms with Crippen LogP contribution in [0.25, 0.3) is 0 Å². The molecule has 0 aromatic heterocycles. The van der Waals surface area contributed by atoms with Gasteiger partial charge in [-0.15, -0.1) is 0 Å². The highest BCUT2D eigenvalue weighted by atomic mass is 16.5. The van der Waals surface area contributed by atoms with Crippen molar-refractivity contribution in [3.05, 3.63) is 0 Å². The Hall–Kier alpha value is -1.14. The molecule has 0 radical (unpaired) electrons. The number of nitrogens with one attached hydrogen (secondary N) is 1. The van der Waals surface area contributed by atoms with Crippen LogP contribution >= 0.6 is 0 Å². The first-order valence-corrected chi connectivity index (χ1v) is 36.3. The summed E-state index contributed by atoms with van der Waals surface area (Å²) in [6, 6.07) is -0.536. The Balaban J connectivity index is 3.28. The lowest BCUT2D eigenvalue weighted by Gasteiger charge is -2.22. The van der Waals surface area contributed by atoms with Gasteiger partial charge >= 0.3 is 5.97 Å². The summed E-state index contributed by atoms with van der Waals surface area (Å²) in [7, 11) is 0. The van der Waals surface area contributed by atoms with E-state index in [1.54, 1.807) is 0 Å². The van der Waals surface area contributed by atoms with Crippen molar-refractivity contribution >= 4 is 11.9 Å². The molecule has 3 N–H and O–H groups in total. The lowest BCUT2D eigenvalue weighted by Crippen LogP contribution is -2.45. The fourth-order valence-electron chi connectivity index (χ4n) is 11.9. The van der Waals surface area contributed by atoms with Crippen molar-refractivity contribution in [3.8, 4) is 0 Å². The van der Waals surface area contributed by atoms with E-state index in [-0.39, 0.29) is 18.5 Å². The standard InChI is InChI=1S/C72H143NO5/c1-3-5-7-9-11-13-15-17-37-42-46-50-54-58-62-66-72(77)78-67-63-59-55-51-47-43-39-36-34-32-30-28-26-24-22-20-18-19-21-23-25-27-29-31-33-35-38-41-45-49-53-57-61-65-71(76)73-69(68-74)70(75)64-60-56-52-48-44-40-16-14-12-10-8-6-4-2/h69-70,74-75H,3-68H2,1-2H3,(H,73,76). The summed E-state index contributed by atoms with van der Waals surface area (Å²) in [6.45, 7) is 5.00. The molecule has 78 heavy (non-hydrogen) atoms. The average molecular weight is 1100 g/mol. The van der Waals surface area contributed by atoms with E-state index in [0.29, 0.717) is 25.9 Å². The Bertz CT molecular complexity index is 1130. The summed E-state index contributed by atoms with van der Waals surface area (Å²) < 4.78 is 5.50. The number of ether oxygens (including phenoxy) is 1. The van der Waals surface area contributed by atoms with Crippen molar-refractivity contribution in [1.29, 1.82) is 0 Å². The van der Waals surface area contributed by atoms with Crippen molar-refractivity contribution in [2.24, 2.45) is 0 Å². The predicted molar refractivity (Wildman–Crippen MR) is 343 cm³/mol. The number of aliphatic hydroxyl groups excluding tert-OH is 2. The third-order valence-corrected chi connectivity index (χ3v) is 17.4. The van der Waals surface area contributed by atoms with Gasteiger partial charge in [0.1, 0.15) is 0 Å². The molecule has 0 saturated carbocycles. The third-order valence-electron chi connectivity index (χ3n) is 17.4. The highest BCUT2D eigenvalue weighted by Crippen LogP contribution is 2.20. The summed E-state index contributed by atoms with van der Waals surface area (Å²) in [6.07, 6.45) is 83.2. The second-order valence-corrected chi connectivity index (χ2v) is 25.3. The van der Waals surface area contributed by atoms with Gasteiger partial charge in [-0.25, -0.2) is 0 Å². The second kappa shape index (κ2) is 68.4. The van der Waals surface area contributed by atoms with Crippen LogP contribution in [-0.2, 0) is 14.3 Å². The Morgan fingerprint density at radius 1 is 0.308 bits per heavy atom. The minimum Gasteiger partial charge on any atom is -0.466 e. The molecule has 0 spiro atoms. The molecular weight excluding hydrogens is 959 g/mol.